The summed E-state index contributed by atoms with van der Waals surface area (Å²) in [5, 5.41) is 3.93. The van der Waals surface area contributed by atoms with Crippen molar-refractivity contribution in [1.29, 1.82) is 0 Å². The minimum Gasteiger partial charge on any atom is -0.289 e. The first-order chi connectivity index (χ1) is 8.11. The van der Waals surface area contributed by atoms with Crippen LogP contribution >= 0.6 is 22.7 Å². The van der Waals surface area contributed by atoms with Gasteiger partial charge in [0.05, 0.1) is 0 Å². The topological polar surface area (TPSA) is 17.1 Å². The van der Waals surface area contributed by atoms with Crippen LogP contribution in [0.4, 0.5) is 0 Å². The summed E-state index contributed by atoms with van der Waals surface area (Å²) in [5.74, 6) is 0.155. The van der Waals surface area contributed by atoms with Crippen LogP contribution in [0.3, 0.4) is 0 Å². The number of hydrogen-bond donors (Lipinski definition) is 0. The number of carbonyl (C=O) groups is 1. The van der Waals surface area contributed by atoms with Gasteiger partial charge >= 0.3 is 0 Å². The summed E-state index contributed by atoms with van der Waals surface area (Å²) >= 11 is 3.24. The molecule has 0 radical (unpaired) electrons. The Bertz CT molecular complexity index is 438. The van der Waals surface area contributed by atoms with Crippen molar-refractivity contribution in [1.82, 2.24) is 0 Å². The van der Waals surface area contributed by atoms with E-state index in [9.17, 15) is 4.79 Å². The molecule has 2 rings (SSSR count). The van der Waals surface area contributed by atoms with E-state index in [1.165, 1.54) is 6.42 Å². The lowest BCUT2D eigenvalue weighted by molar-refractivity contribution is 0.103. The van der Waals surface area contributed by atoms with Crippen LogP contribution in [0.5, 0.6) is 0 Å². The Labute approximate surface area is 111 Å². The van der Waals surface area contributed by atoms with Crippen LogP contribution in [0.2, 0.25) is 0 Å². The molecule has 0 unspecified atom stereocenters. The zero-order valence-corrected chi connectivity index (χ0v) is 12.4. The fraction of sp³-hybridized carbons (Fsp3) is 0.357. The molecule has 2 aromatic rings. The molecule has 3 heteroatoms. The van der Waals surface area contributed by atoms with E-state index in [0.29, 0.717) is 0 Å². The largest absolute Gasteiger partial charge is 0.289 e. The van der Waals surface area contributed by atoms with E-state index in [1.807, 2.05) is 36.7 Å². The number of carbonyl (C=O) groups excluding carboxylic acids is 1. The Morgan fingerprint density at radius 2 is 1.35 bits per heavy atom. The van der Waals surface area contributed by atoms with Crippen molar-refractivity contribution in [3.63, 3.8) is 0 Å². The van der Waals surface area contributed by atoms with Crippen molar-refractivity contribution in [2.45, 2.75) is 34.1 Å². The maximum atomic E-state index is 12.0. The van der Waals surface area contributed by atoms with Crippen molar-refractivity contribution in [2.75, 3.05) is 0 Å². The first-order valence-electron chi connectivity index (χ1n) is 5.74. The minimum absolute atomic E-state index is 0.155. The Kier molecular flexibility index (Phi) is 5.59. The molecule has 0 spiro atoms. The molecule has 0 aliphatic heterocycles. The average Bonchev–Trinajstić information content (AvgIpc) is 2.87. The van der Waals surface area contributed by atoms with E-state index in [2.05, 4.69) is 13.8 Å². The summed E-state index contributed by atoms with van der Waals surface area (Å²) in [6.45, 7) is 8.22. The van der Waals surface area contributed by atoms with E-state index < -0.39 is 0 Å². The minimum atomic E-state index is 0.155. The highest BCUT2D eigenvalue weighted by Gasteiger charge is 2.14. The quantitative estimate of drug-likeness (QED) is 0.693. The highest BCUT2D eigenvalue weighted by atomic mass is 32.1. The first-order valence-corrected chi connectivity index (χ1v) is 7.50. The molecule has 0 bridgehead atoms. The van der Waals surface area contributed by atoms with Gasteiger partial charge in [-0.3, -0.25) is 4.79 Å². The Hall–Kier alpha value is -0.930. The van der Waals surface area contributed by atoms with Gasteiger partial charge in [0, 0.05) is 20.9 Å². The zero-order valence-electron chi connectivity index (χ0n) is 10.7. The molecule has 2 heterocycles. The molecular weight excluding hydrogens is 248 g/mol. The van der Waals surface area contributed by atoms with Crippen LogP contribution < -0.4 is 0 Å². The lowest BCUT2D eigenvalue weighted by atomic mass is 10.1. The van der Waals surface area contributed by atoms with Gasteiger partial charge in [0.1, 0.15) is 0 Å². The van der Waals surface area contributed by atoms with Crippen molar-refractivity contribution in [3.05, 3.63) is 43.8 Å². The number of thiophene rings is 2. The van der Waals surface area contributed by atoms with Gasteiger partial charge in [0.25, 0.3) is 0 Å². The molecule has 17 heavy (non-hydrogen) atoms. The van der Waals surface area contributed by atoms with Crippen LogP contribution in [0, 0.1) is 13.8 Å². The van der Waals surface area contributed by atoms with Gasteiger partial charge in [-0.2, -0.15) is 0 Å². The average molecular weight is 266 g/mol. The normalized spacial score (nSPS) is 9.65. The standard InChI is InChI=1S/C11H10OS2.C3H8/c1-7-9(3-5-13-7)11(12)10-4-6-14-8(10)2;1-3-2/h3-6H,1-2H3;3H2,1-2H3. The van der Waals surface area contributed by atoms with Crippen molar-refractivity contribution < 1.29 is 4.79 Å². The van der Waals surface area contributed by atoms with Crippen molar-refractivity contribution in [2.24, 2.45) is 0 Å². The fourth-order valence-electron chi connectivity index (χ4n) is 1.39. The van der Waals surface area contributed by atoms with Gasteiger partial charge in [-0.1, -0.05) is 20.3 Å². The molecule has 0 saturated heterocycles. The Morgan fingerprint density at radius 3 is 1.59 bits per heavy atom. The lowest BCUT2D eigenvalue weighted by Crippen LogP contribution is -2.00. The summed E-state index contributed by atoms with van der Waals surface area (Å²) in [5.41, 5.74) is 1.69. The molecular formula is C14H18OS2. The maximum absolute atomic E-state index is 12.0. The number of hydrogen-bond acceptors (Lipinski definition) is 3. The smallest absolute Gasteiger partial charge is 0.195 e. The SMILES string of the molecule is CCC.Cc1sccc1C(=O)c1ccsc1C. The second-order valence-electron chi connectivity index (χ2n) is 3.82. The molecule has 0 aliphatic rings. The molecule has 0 aliphatic carbocycles. The number of rotatable bonds is 2. The van der Waals surface area contributed by atoms with E-state index in [-0.39, 0.29) is 5.78 Å². The summed E-state index contributed by atoms with van der Waals surface area (Å²) in [6.07, 6.45) is 1.25. The Balaban J connectivity index is 0.000000437. The van der Waals surface area contributed by atoms with Crippen LogP contribution in [-0.2, 0) is 0 Å². The Morgan fingerprint density at radius 1 is 1.00 bits per heavy atom. The molecule has 0 N–H and O–H groups in total. The number of aryl methyl sites for hydroxylation is 2. The van der Waals surface area contributed by atoms with Crippen LogP contribution in [0.1, 0.15) is 45.9 Å². The third-order valence-corrected chi connectivity index (χ3v) is 3.90. The number of ketones is 1. The van der Waals surface area contributed by atoms with Crippen LogP contribution in [-0.4, -0.2) is 5.78 Å². The predicted octanol–water partition coefficient (Wildman–Crippen LogP) is 5.07. The van der Waals surface area contributed by atoms with Gasteiger partial charge in [-0.05, 0) is 36.7 Å². The van der Waals surface area contributed by atoms with Gasteiger partial charge in [0.15, 0.2) is 5.78 Å². The molecule has 0 saturated carbocycles. The molecule has 1 nitrogen and oxygen atoms in total. The molecule has 0 fully saturated rings. The van der Waals surface area contributed by atoms with Gasteiger partial charge in [0.2, 0.25) is 0 Å². The molecule has 0 aromatic carbocycles. The highest BCUT2D eigenvalue weighted by molar-refractivity contribution is 7.10. The summed E-state index contributed by atoms with van der Waals surface area (Å²) in [4.78, 5) is 14.2. The van der Waals surface area contributed by atoms with Crippen molar-refractivity contribution >= 4 is 28.5 Å². The van der Waals surface area contributed by atoms with Crippen LogP contribution in [0.25, 0.3) is 0 Å². The van der Waals surface area contributed by atoms with Gasteiger partial charge < -0.3 is 0 Å². The van der Waals surface area contributed by atoms with Crippen molar-refractivity contribution in [3.8, 4) is 0 Å². The predicted molar refractivity (Wildman–Crippen MR) is 77.5 cm³/mol. The second kappa shape index (κ2) is 6.72. The van der Waals surface area contributed by atoms with E-state index in [4.69, 9.17) is 0 Å². The monoisotopic (exact) mass is 266 g/mol. The second-order valence-corrected chi connectivity index (χ2v) is 6.06. The van der Waals surface area contributed by atoms with E-state index in [1.54, 1.807) is 22.7 Å². The maximum Gasteiger partial charge on any atom is 0.195 e. The highest BCUT2D eigenvalue weighted by Crippen LogP contribution is 2.23. The lowest BCUT2D eigenvalue weighted by Gasteiger charge is -1.98. The molecule has 92 valence electrons. The third-order valence-electron chi connectivity index (χ3n) is 2.21. The molecule has 0 amide bonds. The first kappa shape index (κ1) is 14.1. The van der Waals surface area contributed by atoms with E-state index in [0.717, 1.165) is 20.9 Å². The van der Waals surface area contributed by atoms with Gasteiger partial charge in [-0.25, -0.2) is 0 Å². The van der Waals surface area contributed by atoms with E-state index >= 15 is 0 Å². The summed E-state index contributed by atoms with van der Waals surface area (Å²) in [7, 11) is 0. The third kappa shape index (κ3) is 3.51. The zero-order chi connectivity index (χ0) is 12.8. The molecule has 2 aromatic heterocycles. The molecule has 0 atom stereocenters. The summed E-state index contributed by atoms with van der Waals surface area (Å²) < 4.78 is 0. The van der Waals surface area contributed by atoms with Gasteiger partial charge in [-0.15, -0.1) is 22.7 Å². The summed E-state index contributed by atoms with van der Waals surface area (Å²) in [6, 6.07) is 3.80. The fourth-order valence-corrected chi connectivity index (χ4v) is 2.78. The van der Waals surface area contributed by atoms with Crippen LogP contribution in [0.15, 0.2) is 22.9 Å².